The van der Waals surface area contributed by atoms with Crippen molar-refractivity contribution in [3.8, 4) is 0 Å². The fraction of sp³-hybridized carbons (Fsp3) is 0.953. The highest BCUT2D eigenvalue weighted by Gasteiger charge is 2.51. The van der Waals surface area contributed by atoms with Gasteiger partial charge in [0.05, 0.1) is 6.61 Å². The molecule has 1 rings (SSSR count). The molecule has 1 saturated carbocycles. The monoisotopic (exact) mass is 839 g/mol. The molecule has 0 aromatic carbocycles. The van der Waals surface area contributed by atoms with Gasteiger partial charge in [0.15, 0.2) is 6.10 Å². The number of aliphatic hydroxyl groups is 5. The second-order valence-corrected chi connectivity index (χ2v) is 17.7. The molecule has 0 aromatic heterocycles. The van der Waals surface area contributed by atoms with E-state index in [1.54, 1.807) is 0 Å². The highest BCUT2D eigenvalue weighted by molar-refractivity contribution is 7.47. The van der Waals surface area contributed by atoms with Crippen LogP contribution in [0.25, 0.3) is 0 Å². The maximum Gasteiger partial charge on any atom is 0.472 e. The van der Waals surface area contributed by atoms with Crippen molar-refractivity contribution in [1.29, 1.82) is 0 Å². The van der Waals surface area contributed by atoms with E-state index in [1.807, 2.05) is 0 Å². The Morgan fingerprint density at radius 3 is 1.16 bits per heavy atom. The maximum atomic E-state index is 12.8. The molecule has 6 unspecified atom stereocenters. The predicted molar refractivity (Wildman–Crippen MR) is 221 cm³/mol. The SMILES string of the molecule is CCCCCCCCCCCCCCCCCCCCCCC(=O)OC[C@@H](COP(=O)(O)OC1C(O)C(O)C(O)[C@H](O)C1O)OC(=O)CCCCCCCCCC. The van der Waals surface area contributed by atoms with Gasteiger partial charge in [0.1, 0.15) is 43.2 Å². The highest BCUT2D eigenvalue weighted by Crippen LogP contribution is 2.47. The molecule has 0 heterocycles. The molecular formula is C43H83O13P. The topological polar surface area (TPSA) is 210 Å². The lowest BCUT2D eigenvalue weighted by molar-refractivity contribution is -0.220. The molecule has 0 bridgehead atoms. The molecule has 14 heteroatoms. The summed E-state index contributed by atoms with van der Waals surface area (Å²) in [6, 6.07) is 0. The first-order valence-corrected chi connectivity index (χ1v) is 24.3. The van der Waals surface area contributed by atoms with Crippen molar-refractivity contribution in [3.63, 3.8) is 0 Å². The van der Waals surface area contributed by atoms with E-state index in [0.717, 1.165) is 44.9 Å². The van der Waals surface area contributed by atoms with Gasteiger partial charge < -0.3 is 39.9 Å². The van der Waals surface area contributed by atoms with Crippen LogP contribution in [0, 0.1) is 0 Å². The van der Waals surface area contributed by atoms with Gasteiger partial charge in [-0.3, -0.25) is 18.6 Å². The van der Waals surface area contributed by atoms with E-state index in [0.29, 0.717) is 12.8 Å². The summed E-state index contributed by atoms with van der Waals surface area (Å²) >= 11 is 0. The van der Waals surface area contributed by atoms with Crippen molar-refractivity contribution in [2.75, 3.05) is 13.2 Å². The van der Waals surface area contributed by atoms with Gasteiger partial charge in [-0.05, 0) is 12.8 Å². The molecule has 1 fully saturated rings. The fourth-order valence-electron chi connectivity index (χ4n) is 7.23. The average molecular weight is 839 g/mol. The second kappa shape index (κ2) is 34.6. The van der Waals surface area contributed by atoms with E-state index in [2.05, 4.69) is 13.8 Å². The zero-order valence-electron chi connectivity index (χ0n) is 35.7. The largest absolute Gasteiger partial charge is 0.472 e. The Morgan fingerprint density at radius 2 is 0.789 bits per heavy atom. The molecule has 57 heavy (non-hydrogen) atoms. The van der Waals surface area contributed by atoms with Crippen LogP contribution >= 0.6 is 7.82 Å². The Labute approximate surface area is 344 Å². The minimum atomic E-state index is -5.10. The van der Waals surface area contributed by atoms with Crippen LogP contribution in [0.4, 0.5) is 0 Å². The van der Waals surface area contributed by atoms with E-state index in [4.69, 9.17) is 18.5 Å². The number of esters is 2. The van der Waals surface area contributed by atoms with Crippen LogP contribution in [0.2, 0.25) is 0 Å². The van der Waals surface area contributed by atoms with Crippen LogP contribution < -0.4 is 0 Å². The molecule has 1 aliphatic rings. The van der Waals surface area contributed by atoms with Crippen LogP contribution in [0.5, 0.6) is 0 Å². The molecule has 1 aliphatic carbocycles. The summed E-state index contributed by atoms with van der Waals surface area (Å²) in [7, 11) is -5.10. The Balaban J connectivity index is 2.35. The third kappa shape index (κ3) is 27.3. The van der Waals surface area contributed by atoms with Gasteiger partial charge in [0.25, 0.3) is 0 Å². The molecule has 0 amide bonds. The summed E-state index contributed by atoms with van der Waals surface area (Å²) < 4.78 is 33.4. The number of aliphatic hydroxyl groups excluding tert-OH is 5. The van der Waals surface area contributed by atoms with Crippen LogP contribution in [-0.4, -0.2) is 98.3 Å². The number of phosphoric acid groups is 1. The van der Waals surface area contributed by atoms with Gasteiger partial charge in [0.2, 0.25) is 0 Å². The summed E-state index contributed by atoms with van der Waals surface area (Å²) in [5.41, 5.74) is 0. The summed E-state index contributed by atoms with van der Waals surface area (Å²) in [5.74, 6) is -1.09. The number of phosphoric ester groups is 1. The van der Waals surface area contributed by atoms with Crippen LogP contribution in [-0.2, 0) is 32.7 Å². The summed E-state index contributed by atoms with van der Waals surface area (Å²) in [6.45, 7) is 3.27. The maximum absolute atomic E-state index is 12.8. The average Bonchev–Trinajstić information content (AvgIpc) is 3.19. The third-order valence-electron chi connectivity index (χ3n) is 10.9. The van der Waals surface area contributed by atoms with Crippen molar-refractivity contribution in [1.82, 2.24) is 0 Å². The normalized spacial score (nSPS) is 22.6. The number of unbranched alkanes of at least 4 members (excludes halogenated alkanes) is 26. The summed E-state index contributed by atoms with van der Waals surface area (Å²) in [5, 5.41) is 50.0. The zero-order valence-corrected chi connectivity index (χ0v) is 36.6. The van der Waals surface area contributed by atoms with Crippen molar-refractivity contribution in [2.24, 2.45) is 0 Å². The predicted octanol–water partition coefficient (Wildman–Crippen LogP) is 8.50. The van der Waals surface area contributed by atoms with Gasteiger partial charge in [-0.1, -0.05) is 181 Å². The molecule has 0 aliphatic heterocycles. The molecule has 0 spiro atoms. The first-order chi connectivity index (χ1) is 27.4. The lowest BCUT2D eigenvalue weighted by Gasteiger charge is -2.41. The van der Waals surface area contributed by atoms with Crippen LogP contribution in [0.1, 0.15) is 206 Å². The highest BCUT2D eigenvalue weighted by atomic mass is 31.2. The summed E-state index contributed by atoms with van der Waals surface area (Å²) in [6.07, 6.45) is 20.5. The molecule has 0 aromatic rings. The number of carbonyl (C=O) groups is 2. The first kappa shape index (κ1) is 53.9. The van der Waals surface area contributed by atoms with Crippen molar-refractivity contribution >= 4 is 19.8 Å². The van der Waals surface area contributed by atoms with E-state index >= 15 is 0 Å². The van der Waals surface area contributed by atoms with Crippen molar-refractivity contribution < 1.29 is 63.1 Å². The first-order valence-electron chi connectivity index (χ1n) is 22.8. The number of carbonyl (C=O) groups excluding carboxylic acids is 2. The third-order valence-corrected chi connectivity index (χ3v) is 11.9. The van der Waals surface area contributed by atoms with Gasteiger partial charge in [-0.15, -0.1) is 0 Å². The molecule has 6 N–H and O–H groups in total. The molecule has 13 nitrogen and oxygen atoms in total. The number of hydrogen-bond donors (Lipinski definition) is 6. The van der Waals surface area contributed by atoms with Crippen LogP contribution in [0.3, 0.4) is 0 Å². The molecular weight excluding hydrogens is 755 g/mol. The Hall–Kier alpha value is -1.15. The number of rotatable bonds is 38. The zero-order chi connectivity index (χ0) is 42.2. The van der Waals surface area contributed by atoms with Gasteiger partial charge >= 0.3 is 19.8 Å². The van der Waals surface area contributed by atoms with E-state index in [9.17, 15) is 44.6 Å². The second-order valence-electron chi connectivity index (χ2n) is 16.3. The Morgan fingerprint density at radius 1 is 0.474 bits per heavy atom. The number of hydrogen-bond acceptors (Lipinski definition) is 12. The van der Waals surface area contributed by atoms with E-state index in [-0.39, 0.29) is 12.8 Å². The van der Waals surface area contributed by atoms with E-state index in [1.165, 1.54) is 122 Å². The van der Waals surface area contributed by atoms with Gasteiger partial charge in [-0.25, -0.2) is 4.57 Å². The molecule has 8 atom stereocenters. The molecule has 0 saturated heterocycles. The summed E-state index contributed by atoms with van der Waals surface area (Å²) in [4.78, 5) is 35.5. The standard InChI is InChI=1S/C43H83O13P/c1-3-5-7-9-11-13-14-15-16-17-18-19-20-21-22-23-24-26-27-29-31-36(44)53-33-35(55-37(45)32-30-28-25-12-10-8-6-4-2)34-54-57(51,52)56-43-41(49)39(47)38(46)40(48)42(43)50/h35,38-43,46-50H,3-34H2,1-2H3,(H,51,52)/t35-,38?,39-,40?,41?,42?,43?/m0/s1. The quantitative estimate of drug-likeness (QED) is 0.0196. The lowest BCUT2D eigenvalue weighted by atomic mass is 9.85. The lowest BCUT2D eigenvalue weighted by Crippen LogP contribution is -2.64. The number of ether oxygens (including phenoxy) is 2. The molecule has 338 valence electrons. The van der Waals surface area contributed by atoms with Crippen molar-refractivity contribution in [2.45, 2.75) is 249 Å². The van der Waals surface area contributed by atoms with Gasteiger partial charge in [0, 0.05) is 12.8 Å². The van der Waals surface area contributed by atoms with E-state index < -0.39 is 75.7 Å². The van der Waals surface area contributed by atoms with Crippen molar-refractivity contribution in [3.05, 3.63) is 0 Å². The smallest absolute Gasteiger partial charge is 0.462 e. The Bertz CT molecular complexity index is 1020. The minimum absolute atomic E-state index is 0.102. The Kier molecular flexibility index (Phi) is 32.7. The fourth-order valence-corrected chi connectivity index (χ4v) is 8.20. The minimum Gasteiger partial charge on any atom is -0.462 e. The van der Waals surface area contributed by atoms with Gasteiger partial charge in [-0.2, -0.15) is 0 Å². The van der Waals surface area contributed by atoms with Crippen LogP contribution in [0.15, 0.2) is 0 Å². The molecule has 0 radical (unpaired) electrons.